The first-order valence-corrected chi connectivity index (χ1v) is 11.3. The van der Waals surface area contributed by atoms with E-state index >= 15 is 0 Å². The molecule has 0 aliphatic carbocycles. The standard InChI is InChI=1S/C17H13N5O.C7H11NO.C2H6/c18-16-14-15(21-22-17(14)20-10-19-16)11-6-8-13(9-7-11)23-12-4-2-1-3-5-12;1-2-7(9)8-5-3-4-6-8;1-2/h1-10H,(H3,18,19,20,21,22);2H,1,3-6H2;1-2H3. The maximum atomic E-state index is 10.8. The summed E-state index contributed by atoms with van der Waals surface area (Å²) in [6.45, 7) is 9.26. The second-order valence-electron chi connectivity index (χ2n) is 7.23. The number of nitrogen functional groups attached to an aromatic ring is 1. The molecule has 1 fully saturated rings. The third-order valence-corrected chi connectivity index (χ3v) is 5.09. The number of H-pyrrole nitrogens is 1. The SMILES string of the molecule is C=CC(=O)N1CCCC1.CC.Nc1ncnc2n[nH]c(-c3ccc(Oc4ccccc4)cc3)c12. The monoisotopic (exact) mass is 458 g/mol. The summed E-state index contributed by atoms with van der Waals surface area (Å²) in [6.07, 6.45) is 5.09. The molecule has 1 amide bonds. The molecule has 0 bridgehead atoms. The second kappa shape index (κ2) is 12.2. The third-order valence-electron chi connectivity index (χ3n) is 5.09. The zero-order valence-corrected chi connectivity index (χ0v) is 19.6. The molecule has 8 heteroatoms. The first kappa shape index (κ1) is 24.4. The van der Waals surface area contributed by atoms with Crippen molar-refractivity contribution in [3.8, 4) is 22.8 Å². The largest absolute Gasteiger partial charge is 0.457 e. The van der Waals surface area contributed by atoms with Crippen LogP contribution in [0.3, 0.4) is 0 Å². The molecule has 1 saturated heterocycles. The molecule has 1 aliphatic rings. The van der Waals surface area contributed by atoms with Crippen molar-refractivity contribution in [1.82, 2.24) is 25.1 Å². The van der Waals surface area contributed by atoms with Crippen LogP contribution in [0.4, 0.5) is 5.82 Å². The minimum atomic E-state index is 0.0764. The number of benzene rings is 2. The Balaban J connectivity index is 0.000000248. The molecule has 2 aromatic heterocycles. The van der Waals surface area contributed by atoms with Gasteiger partial charge in [-0.25, -0.2) is 9.97 Å². The molecule has 5 rings (SSSR count). The number of nitrogens with two attached hydrogens (primary N) is 1. The molecular formula is C26H30N6O2. The number of likely N-dealkylation sites (tertiary alicyclic amines) is 1. The lowest BCUT2D eigenvalue weighted by molar-refractivity contribution is -0.124. The lowest BCUT2D eigenvalue weighted by atomic mass is 10.1. The zero-order valence-electron chi connectivity index (χ0n) is 19.6. The van der Waals surface area contributed by atoms with Gasteiger partial charge in [0.25, 0.3) is 0 Å². The van der Waals surface area contributed by atoms with Crippen LogP contribution in [0.2, 0.25) is 0 Å². The normalized spacial score (nSPS) is 12.2. The molecule has 2 aromatic carbocycles. The number of hydrogen-bond donors (Lipinski definition) is 2. The van der Waals surface area contributed by atoms with Crippen LogP contribution in [0.1, 0.15) is 26.7 Å². The van der Waals surface area contributed by atoms with Gasteiger partial charge in [0.2, 0.25) is 5.91 Å². The minimum absolute atomic E-state index is 0.0764. The lowest BCUT2D eigenvalue weighted by Gasteiger charge is -2.10. The van der Waals surface area contributed by atoms with Crippen LogP contribution in [0.25, 0.3) is 22.3 Å². The Morgan fingerprint density at radius 1 is 1.03 bits per heavy atom. The number of anilines is 1. The molecule has 3 heterocycles. The molecular weight excluding hydrogens is 428 g/mol. The Morgan fingerprint density at radius 3 is 2.32 bits per heavy atom. The van der Waals surface area contributed by atoms with Gasteiger partial charge in [0.05, 0.1) is 11.1 Å². The summed E-state index contributed by atoms with van der Waals surface area (Å²) in [7, 11) is 0. The topological polar surface area (TPSA) is 110 Å². The van der Waals surface area contributed by atoms with Gasteiger partial charge >= 0.3 is 0 Å². The van der Waals surface area contributed by atoms with Gasteiger partial charge in [-0.3, -0.25) is 9.89 Å². The minimum Gasteiger partial charge on any atom is -0.457 e. The van der Waals surface area contributed by atoms with E-state index < -0.39 is 0 Å². The Labute approximate surface area is 199 Å². The molecule has 0 radical (unpaired) electrons. The van der Waals surface area contributed by atoms with Crippen molar-refractivity contribution in [2.45, 2.75) is 26.7 Å². The molecule has 0 atom stereocenters. The Hall–Kier alpha value is -4.20. The number of para-hydroxylation sites is 1. The predicted molar refractivity (Wildman–Crippen MR) is 135 cm³/mol. The van der Waals surface area contributed by atoms with E-state index in [2.05, 4.69) is 26.7 Å². The van der Waals surface area contributed by atoms with Gasteiger partial charge in [0.1, 0.15) is 23.6 Å². The van der Waals surface area contributed by atoms with Gasteiger partial charge in [-0.05, 0) is 55.3 Å². The molecule has 8 nitrogen and oxygen atoms in total. The Morgan fingerprint density at radius 2 is 1.68 bits per heavy atom. The number of carbonyl (C=O) groups excluding carboxylic acids is 1. The summed E-state index contributed by atoms with van der Waals surface area (Å²) in [5.74, 6) is 2.04. The maximum Gasteiger partial charge on any atom is 0.245 e. The fraction of sp³-hybridized carbons (Fsp3) is 0.231. The number of rotatable bonds is 4. The van der Waals surface area contributed by atoms with Crippen LogP contribution >= 0.6 is 0 Å². The van der Waals surface area contributed by atoms with Crippen molar-refractivity contribution in [3.63, 3.8) is 0 Å². The van der Waals surface area contributed by atoms with Crippen LogP contribution in [0, 0.1) is 0 Å². The molecule has 0 spiro atoms. The summed E-state index contributed by atoms with van der Waals surface area (Å²) < 4.78 is 5.79. The highest BCUT2D eigenvalue weighted by Crippen LogP contribution is 2.30. The summed E-state index contributed by atoms with van der Waals surface area (Å²) in [5, 5.41) is 7.85. The summed E-state index contributed by atoms with van der Waals surface area (Å²) in [4.78, 5) is 20.8. The van der Waals surface area contributed by atoms with Crippen molar-refractivity contribution >= 4 is 22.8 Å². The first-order valence-electron chi connectivity index (χ1n) is 11.3. The van der Waals surface area contributed by atoms with Crippen molar-refractivity contribution in [1.29, 1.82) is 0 Å². The highest BCUT2D eigenvalue weighted by molar-refractivity contribution is 5.97. The van der Waals surface area contributed by atoms with E-state index in [4.69, 9.17) is 10.5 Å². The number of hydrogen-bond acceptors (Lipinski definition) is 6. The number of fused-ring (bicyclic) bond motifs is 1. The number of ether oxygens (including phenoxy) is 1. The fourth-order valence-electron chi connectivity index (χ4n) is 3.47. The molecule has 0 unspecified atom stereocenters. The number of nitrogens with one attached hydrogen (secondary N) is 1. The van der Waals surface area contributed by atoms with Gasteiger partial charge in [0, 0.05) is 18.7 Å². The van der Waals surface area contributed by atoms with Gasteiger partial charge in [0.15, 0.2) is 5.65 Å². The number of aromatic amines is 1. The molecule has 4 aromatic rings. The summed E-state index contributed by atoms with van der Waals surface area (Å²) in [6, 6.07) is 17.3. The average molecular weight is 459 g/mol. The Bertz CT molecular complexity index is 1200. The van der Waals surface area contributed by atoms with E-state index in [9.17, 15) is 4.79 Å². The average Bonchev–Trinajstić information content (AvgIpc) is 3.58. The lowest BCUT2D eigenvalue weighted by Crippen LogP contribution is -2.25. The van der Waals surface area contributed by atoms with E-state index in [-0.39, 0.29) is 5.91 Å². The van der Waals surface area contributed by atoms with Crippen molar-refractivity contribution in [3.05, 3.63) is 73.6 Å². The van der Waals surface area contributed by atoms with Crippen LogP contribution in [0.5, 0.6) is 11.5 Å². The van der Waals surface area contributed by atoms with Crippen LogP contribution in [0.15, 0.2) is 73.6 Å². The molecule has 1 aliphatic heterocycles. The van der Waals surface area contributed by atoms with Crippen molar-refractivity contribution in [2.24, 2.45) is 0 Å². The highest BCUT2D eigenvalue weighted by Gasteiger charge is 2.14. The molecule has 3 N–H and O–H groups in total. The second-order valence-corrected chi connectivity index (χ2v) is 7.23. The third kappa shape index (κ3) is 5.98. The van der Waals surface area contributed by atoms with E-state index in [1.54, 1.807) is 0 Å². The molecule has 0 saturated carbocycles. The maximum absolute atomic E-state index is 10.8. The van der Waals surface area contributed by atoms with E-state index in [0.717, 1.165) is 54.1 Å². The van der Waals surface area contributed by atoms with Crippen LogP contribution < -0.4 is 10.5 Å². The molecule has 176 valence electrons. The number of carbonyl (C=O) groups is 1. The smallest absolute Gasteiger partial charge is 0.245 e. The number of aromatic nitrogens is 4. The number of nitrogens with zero attached hydrogens (tertiary/aromatic N) is 4. The number of amides is 1. The zero-order chi connectivity index (χ0) is 24.3. The summed E-state index contributed by atoms with van der Waals surface area (Å²) >= 11 is 0. The predicted octanol–water partition coefficient (Wildman–Crippen LogP) is 5.22. The van der Waals surface area contributed by atoms with E-state index in [0.29, 0.717) is 11.5 Å². The van der Waals surface area contributed by atoms with Gasteiger partial charge in [-0.15, -0.1) is 0 Å². The molecule has 34 heavy (non-hydrogen) atoms. The van der Waals surface area contributed by atoms with Gasteiger partial charge in [-0.1, -0.05) is 38.6 Å². The van der Waals surface area contributed by atoms with Gasteiger partial charge in [-0.2, -0.15) is 5.10 Å². The quantitative estimate of drug-likeness (QED) is 0.406. The van der Waals surface area contributed by atoms with Crippen molar-refractivity contribution < 1.29 is 9.53 Å². The Kier molecular flexibility index (Phi) is 8.73. The first-order chi connectivity index (χ1) is 16.7. The fourth-order valence-corrected chi connectivity index (χ4v) is 3.47. The van der Waals surface area contributed by atoms with E-state index in [1.807, 2.05) is 73.3 Å². The van der Waals surface area contributed by atoms with E-state index in [1.165, 1.54) is 12.4 Å². The highest BCUT2D eigenvalue weighted by atomic mass is 16.5. The van der Waals surface area contributed by atoms with Crippen LogP contribution in [-0.4, -0.2) is 44.1 Å². The summed E-state index contributed by atoms with van der Waals surface area (Å²) in [5.41, 5.74) is 8.22. The van der Waals surface area contributed by atoms with Crippen molar-refractivity contribution in [2.75, 3.05) is 18.8 Å². The van der Waals surface area contributed by atoms with Crippen LogP contribution in [-0.2, 0) is 4.79 Å². The van der Waals surface area contributed by atoms with Gasteiger partial charge < -0.3 is 15.4 Å².